The summed E-state index contributed by atoms with van der Waals surface area (Å²) in [6.07, 6.45) is 5.52. The molecule has 0 aliphatic heterocycles. The van der Waals surface area contributed by atoms with Crippen LogP contribution in [0.4, 0.5) is 0 Å². The summed E-state index contributed by atoms with van der Waals surface area (Å²) >= 11 is 1.87. The minimum atomic E-state index is 0.757. The maximum absolute atomic E-state index is 3.67. The van der Waals surface area contributed by atoms with E-state index < -0.39 is 0 Å². The highest BCUT2D eigenvalue weighted by molar-refractivity contribution is 7.10. The Hall–Kier alpha value is -1.12. The Kier molecular flexibility index (Phi) is 3.77. The van der Waals surface area contributed by atoms with Crippen molar-refractivity contribution < 1.29 is 0 Å². The summed E-state index contributed by atoms with van der Waals surface area (Å²) in [5.41, 5.74) is 2.67. The van der Waals surface area contributed by atoms with Crippen molar-refractivity contribution in [1.29, 1.82) is 0 Å². The van der Waals surface area contributed by atoms with Crippen LogP contribution < -0.4 is 5.32 Å². The molecule has 0 spiro atoms. The molecule has 94 valence electrons. The molecule has 1 fully saturated rings. The predicted octanol–water partition coefficient (Wildman–Crippen LogP) is 4.45. The topological polar surface area (TPSA) is 12.0 Å². The molecule has 0 radical (unpaired) electrons. The van der Waals surface area contributed by atoms with Gasteiger partial charge in [-0.1, -0.05) is 43.2 Å². The molecule has 0 unspecified atom stereocenters. The smallest absolute Gasteiger partial charge is 0.0302 e. The lowest BCUT2D eigenvalue weighted by molar-refractivity contribution is 0.527. The zero-order valence-electron chi connectivity index (χ0n) is 10.6. The van der Waals surface area contributed by atoms with Crippen LogP contribution in [0.3, 0.4) is 0 Å². The third kappa shape index (κ3) is 2.82. The van der Waals surface area contributed by atoms with Crippen molar-refractivity contribution in [2.24, 2.45) is 0 Å². The van der Waals surface area contributed by atoms with Gasteiger partial charge in [0.15, 0.2) is 0 Å². The van der Waals surface area contributed by atoms with Gasteiger partial charge in [0.05, 0.1) is 0 Å². The zero-order valence-corrected chi connectivity index (χ0v) is 11.4. The predicted molar refractivity (Wildman–Crippen MR) is 78.9 cm³/mol. The third-order valence-corrected chi connectivity index (χ3v) is 4.62. The van der Waals surface area contributed by atoms with Gasteiger partial charge >= 0.3 is 0 Å². The van der Waals surface area contributed by atoms with Gasteiger partial charge in [-0.05, 0) is 35.4 Å². The maximum atomic E-state index is 3.67. The summed E-state index contributed by atoms with van der Waals surface area (Å²) in [5.74, 6) is 0. The summed E-state index contributed by atoms with van der Waals surface area (Å²) in [5, 5.41) is 5.94. The normalized spacial score (nSPS) is 16.2. The molecule has 0 bridgehead atoms. The van der Waals surface area contributed by atoms with Crippen molar-refractivity contribution in [3.05, 3.63) is 46.7 Å². The van der Waals surface area contributed by atoms with Crippen LogP contribution in [-0.2, 0) is 6.54 Å². The SMILES string of the molecule is c1ccc(-c2csc(CNC3CCCC3)c2)cc1. The summed E-state index contributed by atoms with van der Waals surface area (Å²) < 4.78 is 0. The molecule has 18 heavy (non-hydrogen) atoms. The van der Waals surface area contributed by atoms with Gasteiger partial charge in [-0.25, -0.2) is 0 Å². The van der Waals surface area contributed by atoms with Gasteiger partial charge in [-0.3, -0.25) is 0 Å². The lowest BCUT2D eigenvalue weighted by atomic mass is 10.1. The van der Waals surface area contributed by atoms with Gasteiger partial charge < -0.3 is 5.32 Å². The maximum Gasteiger partial charge on any atom is 0.0302 e. The second-order valence-corrected chi connectivity index (χ2v) is 6.03. The molecular formula is C16H19NS. The van der Waals surface area contributed by atoms with E-state index in [0.29, 0.717) is 0 Å². The van der Waals surface area contributed by atoms with E-state index in [-0.39, 0.29) is 0 Å². The van der Waals surface area contributed by atoms with Crippen molar-refractivity contribution >= 4 is 11.3 Å². The van der Waals surface area contributed by atoms with Crippen LogP contribution in [-0.4, -0.2) is 6.04 Å². The molecule has 1 aromatic heterocycles. The van der Waals surface area contributed by atoms with Crippen LogP contribution in [0.25, 0.3) is 11.1 Å². The fraction of sp³-hybridized carbons (Fsp3) is 0.375. The number of hydrogen-bond donors (Lipinski definition) is 1. The van der Waals surface area contributed by atoms with Crippen LogP contribution in [0, 0.1) is 0 Å². The molecule has 2 heteroatoms. The molecule has 0 amide bonds. The Labute approximate surface area is 113 Å². The van der Waals surface area contributed by atoms with Gasteiger partial charge in [0.25, 0.3) is 0 Å². The Balaban J connectivity index is 1.63. The van der Waals surface area contributed by atoms with Crippen molar-refractivity contribution in [2.45, 2.75) is 38.3 Å². The monoisotopic (exact) mass is 257 g/mol. The minimum Gasteiger partial charge on any atom is -0.309 e. The summed E-state index contributed by atoms with van der Waals surface area (Å²) in [4.78, 5) is 1.45. The lowest BCUT2D eigenvalue weighted by Crippen LogP contribution is -2.24. The van der Waals surface area contributed by atoms with Gasteiger partial charge in [0.1, 0.15) is 0 Å². The van der Waals surface area contributed by atoms with Crippen LogP contribution >= 0.6 is 11.3 Å². The van der Waals surface area contributed by atoms with Crippen molar-refractivity contribution in [3.63, 3.8) is 0 Å². The number of thiophene rings is 1. The molecule has 1 heterocycles. The van der Waals surface area contributed by atoms with Crippen LogP contribution in [0.2, 0.25) is 0 Å². The van der Waals surface area contributed by atoms with Gasteiger partial charge in [-0.2, -0.15) is 0 Å². The average molecular weight is 257 g/mol. The largest absolute Gasteiger partial charge is 0.309 e. The molecule has 0 saturated heterocycles. The zero-order chi connectivity index (χ0) is 12.2. The average Bonchev–Trinajstić information content (AvgIpc) is 3.09. The number of hydrogen-bond acceptors (Lipinski definition) is 2. The minimum absolute atomic E-state index is 0.757. The highest BCUT2D eigenvalue weighted by Crippen LogP contribution is 2.26. The summed E-state index contributed by atoms with van der Waals surface area (Å²) in [6, 6.07) is 13.7. The highest BCUT2D eigenvalue weighted by Gasteiger charge is 2.14. The quantitative estimate of drug-likeness (QED) is 0.853. The lowest BCUT2D eigenvalue weighted by Gasteiger charge is -2.09. The van der Waals surface area contributed by atoms with Crippen LogP contribution in [0.1, 0.15) is 30.6 Å². The molecule has 1 aliphatic rings. The molecule has 1 aromatic carbocycles. The van der Waals surface area contributed by atoms with E-state index in [9.17, 15) is 0 Å². The van der Waals surface area contributed by atoms with Crippen LogP contribution in [0.5, 0.6) is 0 Å². The second-order valence-electron chi connectivity index (χ2n) is 5.03. The standard InChI is InChI=1S/C16H19NS/c1-2-6-13(7-3-1)14-10-16(18-12-14)11-17-15-8-4-5-9-15/h1-3,6-7,10,12,15,17H,4-5,8-9,11H2. The number of benzene rings is 1. The first-order valence-corrected chi connectivity index (χ1v) is 7.66. The van der Waals surface area contributed by atoms with Crippen molar-refractivity contribution in [1.82, 2.24) is 5.32 Å². The highest BCUT2D eigenvalue weighted by atomic mass is 32.1. The molecule has 1 saturated carbocycles. The molecule has 3 rings (SSSR count). The van der Waals surface area contributed by atoms with E-state index in [0.717, 1.165) is 12.6 Å². The molecule has 1 N–H and O–H groups in total. The van der Waals surface area contributed by atoms with Gasteiger partial charge in [0, 0.05) is 17.5 Å². The Morgan fingerprint density at radius 1 is 1.06 bits per heavy atom. The van der Waals surface area contributed by atoms with E-state index in [1.54, 1.807) is 0 Å². The summed E-state index contributed by atoms with van der Waals surface area (Å²) in [6.45, 7) is 1.03. The first kappa shape index (κ1) is 11.9. The summed E-state index contributed by atoms with van der Waals surface area (Å²) in [7, 11) is 0. The van der Waals surface area contributed by atoms with Crippen LogP contribution in [0.15, 0.2) is 41.8 Å². The Morgan fingerprint density at radius 2 is 1.83 bits per heavy atom. The first-order chi connectivity index (χ1) is 8.92. The van der Waals surface area contributed by atoms with E-state index in [1.165, 1.54) is 41.7 Å². The van der Waals surface area contributed by atoms with Gasteiger partial charge in [-0.15, -0.1) is 11.3 Å². The van der Waals surface area contributed by atoms with Gasteiger partial charge in [0.2, 0.25) is 0 Å². The number of rotatable bonds is 4. The second kappa shape index (κ2) is 5.68. The fourth-order valence-corrected chi connectivity index (χ4v) is 3.47. The fourth-order valence-electron chi connectivity index (χ4n) is 2.63. The molecule has 0 atom stereocenters. The van der Waals surface area contributed by atoms with E-state index in [1.807, 2.05) is 11.3 Å². The molecule has 2 aromatic rings. The van der Waals surface area contributed by atoms with E-state index >= 15 is 0 Å². The third-order valence-electron chi connectivity index (χ3n) is 3.68. The number of nitrogens with one attached hydrogen (secondary N) is 1. The van der Waals surface area contributed by atoms with E-state index in [4.69, 9.17) is 0 Å². The molecule has 1 nitrogen and oxygen atoms in total. The van der Waals surface area contributed by atoms with Crippen molar-refractivity contribution in [2.75, 3.05) is 0 Å². The van der Waals surface area contributed by atoms with E-state index in [2.05, 4.69) is 47.1 Å². The Morgan fingerprint density at radius 3 is 2.61 bits per heavy atom. The molecule has 1 aliphatic carbocycles. The molecular weight excluding hydrogens is 238 g/mol. The van der Waals surface area contributed by atoms with Crippen molar-refractivity contribution in [3.8, 4) is 11.1 Å². The Bertz CT molecular complexity index is 483. The first-order valence-electron chi connectivity index (χ1n) is 6.78.